The van der Waals surface area contributed by atoms with Crippen LogP contribution in [0.3, 0.4) is 0 Å². The fourth-order valence-electron chi connectivity index (χ4n) is 4.87. The van der Waals surface area contributed by atoms with Crippen molar-refractivity contribution < 1.29 is 13.2 Å². The van der Waals surface area contributed by atoms with Crippen LogP contribution in [0.2, 0.25) is 4.34 Å². The molecule has 2 amide bonds. The van der Waals surface area contributed by atoms with E-state index in [1.165, 1.54) is 49.7 Å². The first-order chi connectivity index (χ1) is 20.3. The van der Waals surface area contributed by atoms with Crippen molar-refractivity contribution in [2.45, 2.75) is 50.9 Å². The fourth-order valence-corrected chi connectivity index (χ4v) is 6.52. The average Bonchev–Trinajstić information content (AvgIpc) is 3.36. The van der Waals surface area contributed by atoms with E-state index in [-0.39, 0.29) is 11.9 Å². The number of thiazole rings is 1. The lowest BCUT2D eigenvalue weighted by atomic mass is 9.88. The predicted octanol–water partition coefficient (Wildman–Crippen LogP) is 8.52. The first kappa shape index (κ1) is 31.5. The van der Waals surface area contributed by atoms with Gasteiger partial charge in [-0.3, -0.25) is 10.0 Å². The molecule has 5 rings (SSSR count). The number of rotatable bonds is 9. The third kappa shape index (κ3) is 10.2. The second kappa shape index (κ2) is 15.7. The zero-order valence-electron chi connectivity index (χ0n) is 23.7. The summed E-state index contributed by atoms with van der Waals surface area (Å²) in [5.74, 6) is 0.161. The number of nitrogens with zero attached hydrogens (tertiary/aromatic N) is 1. The van der Waals surface area contributed by atoms with Gasteiger partial charge in [-0.15, -0.1) is 0 Å². The van der Waals surface area contributed by atoms with Crippen molar-refractivity contribution in [3.63, 3.8) is 0 Å². The molecule has 1 aliphatic carbocycles. The van der Waals surface area contributed by atoms with E-state index in [1.807, 2.05) is 36.4 Å². The Hall–Kier alpha value is -3.40. The summed E-state index contributed by atoms with van der Waals surface area (Å²) >= 11 is 7.52. The van der Waals surface area contributed by atoms with Crippen molar-refractivity contribution in [3.05, 3.63) is 100 Å². The van der Waals surface area contributed by atoms with Crippen molar-refractivity contribution >= 4 is 49.8 Å². The monoisotopic (exact) mass is 624 g/mol. The van der Waals surface area contributed by atoms with E-state index in [4.69, 9.17) is 11.6 Å². The highest BCUT2D eigenvalue weighted by Crippen LogP contribution is 2.35. The largest absolute Gasteiger partial charge is 0.338 e. The molecule has 3 N–H and O–H groups in total. The summed E-state index contributed by atoms with van der Waals surface area (Å²) in [6.45, 7) is 0.473. The molecule has 10 heteroatoms. The second-order valence-electron chi connectivity index (χ2n) is 10.3. The third-order valence-electron chi connectivity index (χ3n) is 6.89. The molecule has 3 aromatic carbocycles. The molecule has 1 aliphatic rings. The van der Waals surface area contributed by atoms with Crippen LogP contribution in [0.25, 0.3) is 11.3 Å². The Bertz CT molecular complexity index is 1460. The Balaban J connectivity index is 0.000000600. The van der Waals surface area contributed by atoms with Crippen LogP contribution < -0.4 is 15.4 Å². The number of benzene rings is 3. The highest BCUT2D eigenvalue weighted by atomic mass is 35.5. The van der Waals surface area contributed by atoms with Crippen LogP contribution in [0.4, 0.5) is 15.6 Å². The van der Waals surface area contributed by atoms with Gasteiger partial charge in [0.15, 0.2) is 5.13 Å². The van der Waals surface area contributed by atoms with E-state index in [2.05, 4.69) is 44.6 Å². The summed E-state index contributed by atoms with van der Waals surface area (Å²) in [5.41, 5.74) is 4.04. The van der Waals surface area contributed by atoms with Gasteiger partial charge in [-0.05, 0) is 29.7 Å². The fraction of sp³-hybridized carbons (Fsp3) is 0.312. The highest BCUT2D eigenvalue weighted by Gasteiger charge is 2.16. The number of sulfonamides is 1. The molecule has 1 heterocycles. The van der Waals surface area contributed by atoms with Gasteiger partial charge in [-0.1, -0.05) is 134 Å². The number of halogens is 1. The lowest BCUT2D eigenvalue weighted by molar-refractivity contribution is 0.252. The summed E-state index contributed by atoms with van der Waals surface area (Å²) in [6, 6.07) is 26.8. The number of carbonyl (C=O) groups excluding carboxylic acids is 1. The van der Waals surface area contributed by atoms with Crippen molar-refractivity contribution in [2.24, 2.45) is 0 Å². The maximum Gasteiger partial charge on any atom is 0.321 e. The first-order valence-electron chi connectivity index (χ1n) is 14.2. The second-order valence-corrected chi connectivity index (χ2v) is 13.6. The maximum atomic E-state index is 12.5. The van der Waals surface area contributed by atoms with Crippen LogP contribution in [0.5, 0.6) is 0 Å². The molecular formula is C32H37ClN4O3S2. The van der Waals surface area contributed by atoms with Crippen molar-refractivity contribution in [2.75, 3.05) is 22.8 Å². The topological polar surface area (TPSA) is 100 Å². The van der Waals surface area contributed by atoms with Gasteiger partial charge in [0.05, 0.1) is 6.26 Å². The molecule has 0 radical (unpaired) electrons. The molecule has 0 saturated heterocycles. The number of hydrogen-bond acceptors (Lipinski definition) is 5. The molecule has 1 saturated carbocycles. The summed E-state index contributed by atoms with van der Waals surface area (Å²) in [4.78, 5) is 17.0. The van der Waals surface area contributed by atoms with Crippen LogP contribution in [0.15, 0.2) is 84.9 Å². The minimum absolute atomic E-state index is 0.161. The van der Waals surface area contributed by atoms with Crippen molar-refractivity contribution in [1.82, 2.24) is 10.3 Å². The number of nitrogens with one attached hydrogen (secondary N) is 3. The zero-order valence-corrected chi connectivity index (χ0v) is 26.1. The van der Waals surface area contributed by atoms with Gasteiger partial charge in [0.1, 0.15) is 10.0 Å². The summed E-state index contributed by atoms with van der Waals surface area (Å²) < 4.78 is 25.6. The molecule has 0 unspecified atom stereocenters. The van der Waals surface area contributed by atoms with Gasteiger partial charge in [-0.25, -0.2) is 18.2 Å². The lowest BCUT2D eigenvalue weighted by Crippen LogP contribution is -2.30. The van der Waals surface area contributed by atoms with Gasteiger partial charge in [0, 0.05) is 23.7 Å². The number of hydrogen-bond donors (Lipinski definition) is 3. The van der Waals surface area contributed by atoms with Crippen molar-refractivity contribution in [1.29, 1.82) is 0 Å². The Morgan fingerprint density at radius 2 is 1.38 bits per heavy atom. The number of urea groups is 1. The van der Waals surface area contributed by atoms with E-state index in [0.29, 0.717) is 33.0 Å². The summed E-state index contributed by atoms with van der Waals surface area (Å²) in [6.07, 6.45) is 10.8. The van der Waals surface area contributed by atoms with E-state index in [9.17, 15) is 13.2 Å². The van der Waals surface area contributed by atoms with E-state index >= 15 is 0 Å². The molecule has 0 spiro atoms. The average molecular weight is 625 g/mol. The Kier molecular flexibility index (Phi) is 11.8. The first-order valence-corrected chi connectivity index (χ1v) is 17.3. The van der Waals surface area contributed by atoms with Crippen LogP contribution in [0.1, 0.15) is 62.0 Å². The number of anilines is 2. The van der Waals surface area contributed by atoms with Gasteiger partial charge >= 0.3 is 6.03 Å². The summed E-state index contributed by atoms with van der Waals surface area (Å²) in [7, 11) is -3.36. The Morgan fingerprint density at radius 1 is 0.857 bits per heavy atom. The van der Waals surface area contributed by atoms with Gasteiger partial charge in [-0.2, -0.15) is 0 Å². The molecule has 4 aromatic rings. The lowest BCUT2D eigenvalue weighted by Gasteiger charge is -2.18. The number of amides is 2. The van der Waals surface area contributed by atoms with Crippen LogP contribution in [-0.2, 0) is 10.0 Å². The zero-order chi connectivity index (χ0) is 29.8. The number of carbonyl (C=O) groups is 1. The highest BCUT2D eigenvalue weighted by molar-refractivity contribution is 7.92. The molecule has 0 bridgehead atoms. The molecule has 1 fully saturated rings. The van der Waals surface area contributed by atoms with E-state index in [1.54, 1.807) is 24.3 Å². The normalized spacial score (nSPS) is 13.1. The maximum absolute atomic E-state index is 12.5. The molecule has 222 valence electrons. The quantitative estimate of drug-likeness (QED) is 0.174. The molecule has 42 heavy (non-hydrogen) atoms. The molecule has 0 aliphatic heterocycles. The van der Waals surface area contributed by atoms with E-state index < -0.39 is 10.0 Å². The molecular weight excluding hydrogens is 588 g/mol. The smallest absolute Gasteiger partial charge is 0.321 e. The standard InChI is InChI=1S/C26H25ClN4O3S2.C6H12/c1-36(33,34)31-21-14-12-20(13-15-21)23-24(27)35-26(29-23)30-25(32)28-17-16-22(18-8-4-2-5-9-18)19-10-6-3-7-11-19;1-2-4-6-5-3-1/h2-15,22,31H,16-17H2,1H3,(H2,28,29,30,32);1-6H2. The van der Waals surface area contributed by atoms with Crippen LogP contribution in [-0.4, -0.2) is 32.2 Å². The van der Waals surface area contributed by atoms with Gasteiger partial charge in [0.2, 0.25) is 10.0 Å². The Labute approximate surface area is 257 Å². The predicted molar refractivity (Wildman–Crippen MR) is 175 cm³/mol. The molecule has 1 aromatic heterocycles. The molecule has 7 nitrogen and oxygen atoms in total. The van der Waals surface area contributed by atoms with E-state index in [0.717, 1.165) is 24.0 Å². The minimum atomic E-state index is -3.36. The third-order valence-corrected chi connectivity index (χ3v) is 8.67. The van der Waals surface area contributed by atoms with Crippen LogP contribution in [0, 0.1) is 0 Å². The minimum Gasteiger partial charge on any atom is -0.338 e. The SMILES string of the molecule is C1CCCCC1.CS(=O)(=O)Nc1ccc(-c2nc(NC(=O)NCCC(c3ccccc3)c3ccccc3)sc2Cl)cc1. The summed E-state index contributed by atoms with van der Waals surface area (Å²) in [5, 5.41) is 6.03. The van der Waals surface area contributed by atoms with Gasteiger partial charge < -0.3 is 5.32 Å². The molecule has 0 atom stereocenters. The van der Waals surface area contributed by atoms with Gasteiger partial charge in [0.25, 0.3) is 0 Å². The Morgan fingerprint density at radius 3 is 1.88 bits per heavy atom. The number of aromatic nitrogens is 1. The van der Waals surface area contributed by atoms with Crippen LogP contribution >= 0.6 is 22.9 Å². The van der Waals surface area contributed by atoms with Crippen molar-refractivity contribution in [3.8, 4) is 11.3 Å².